The van der Waals surface area contributed by atoms with Gasteiger partial charge in [0.1, 0.15) is 5.52 Å². The number of nitrogens with zero attached hydrogens (tertiary/aromatic N) is 1. The van der Waals surface area contributed by atoms with Gasteiger partial charge in [-0.15, -0.1) is 0 Å². The van der Waals surface area contributed by atoms with Crippen LogP contribution in [0, 0.1) is 6.92 Å². The van der Waals surface area contributed by atoms with Crippen LogP contribution in [0.2, 0.25) is 0 Å². The second-order valence-electron chi connectivity index (χ2n) is 3.55. The van der Waals surface area contributed by atoms with Gasteiger partial charge in [0.2, 0.25) is 0 Å². The van der Waals surface area contributed by atoms with Crippen molar-refractivity contribution in [3.05, 3.63) is 32.8 Å². The van der Waals surface area contributed by atoms with E-state index >= 15 is 0 Å². The summed E-state index contributed by atoms with van der Waals surface area (Å²) < 4.78 is 6.94. The fourth-order valence-electron chi connectivity index (χ4n) is 1.74. The summed E-state index contributed by atoms with van der Waals surface area (Å²) >= 11 is 3.33. The fourth-order valence-corrected chi connectivity index (χ4v) is 2.16. The number of aryl methyl sites for hydroxylation is 1. The van der Waals surface area contributed by atoms with Crippen LogP contribution in [-0.4, -0.2) is 22.3 Å². The number of halogens is 1. The van der Waals surface area contributed by atoms with E-state index in [2.05, 4.69) is 20.9 Å². The largest absolute Gasteiger partial charge is 0.449 e. The summed E-state index contributed by atoms with van der Waals surface area (Å²) in [6, 6.07) is 1.77. The number of nitrogens with one attached hydrogen (secondary N) is 1. The molecule has 0 aliphatic carbocycles. The maximum Gasteiger partial charge on any atom is 0.418 e. The van der Waals surface area contributed by atoms with Crippen molar-refractivity contribution in [2.24, 2.45) is 0 Å². The van der Waals surface area contributed by atoms with Crippen LogP contribution >= 0.6 is 15.9 Å². The highest BCUT2D eigenvalue weighted by Gasteiger charge is 2.17. The molecule has 6 heteroatoms. The van der Waals surface area contributed by atoms with Crippen molar-refractivity contribution in [2.45, 2.75) is 13.8 Å². The molecular formula is C11H11BrN2O3. The molecule has 0 radical (unpaired) electrons. The minimum absolute atomic E-state index is 0.268. The molecular weight excluding hydrogens is 288 g/mol. The zero-order chi connectivity index (χ0) is 12.6. The molecule has 0 amide bonds. The molecule has 90 valence electrons. The molecule has 0 saturated carbocycles. The molecule has 0 saturated heterocycles. The first-order chi connectivity index (χ1) is 8.06. The third-order valence-electron chi connectivity index (χ3n) is 2.44. The Morgan fingerprint density at radius 3 is 2.94 bits per heavy atom. The molecule has 2 aromatic heterocycles. The van der Waals surface area contributed by atoms with Crippen LogP contribution in [0.5, 0.6) is 0 Å². The highest BCUT2D eigenvalue weighted by Crippen LogP contribution is 2.23. The predicted molar refractivity (Wildman–Crippen MR) is 67.4 cm³/mol. The first-order valence-electron chi connectivity index (χ1n) is 5.12. The molecule has 2 heterocycles. The van der Waals surface area contributed by atoms with E-state index in [9.17, 15) is 9.59 Å². The topological polar surface area (TPSA) is 64.1 Å². The molecule has 0 atom stereocenters. The Hall–Kier alpha value is -1.56. The standard InChI is InChI=1S/C11H11BrN2O3/c1-3-17-11(16)14-6(2)4-7-8(12)5-13-10(15)9(7)14/h4-5H,3H2,1-2H3,(H,13,15). The van der Waals surface area contributed by atoms with Gasteiger partial charge < -0.3 is 9.72 Å². The van der Waals surface area contributed by atoms with Crippen molar-refractivity contribution in [1.82, 2.24) is 9.55 Å². The Balaban J connectivity index is 2.79. The normalized spacial score (nSPS) is 10.8. The van der Waals surface area contributed by atoms with Crippen LogP contribution in [0.3, 0.4) is 0 Å². The van der Waals surface area contributed by atoms with E-state index in [1.54, 1.807) is 26.1 Å². The van der Waals surface area contributed by atoms with Crippen molar-refractivity contribution in [3.8, 4) is 0 Å². The average molecular weight is 299 g/mol. The molecule has 0 aliphatic rings. The molecule has 2 rings (SSSR count). The molecule has 17 heavy (non-hydrogen) atoms. The number of rotatable bonds is 1. The fraction of sp³-hybridized carbons (Fsp3) is 0.273. The van der Waals surface area contributed by atoms with Crippen LogP contribution in [0.15, 0.2) is 21.5 Å². The first-order valence-corrected chi connectivity index (χ1v) is 5.92. The quantitative estimate of drug-likeness (QED) is 0.879. The highest BCUT2D eigenvalue weighted by atomic mass is 79.9. The van der Waals surface area contributed by atoms with Crippen LogP contribution in [0.1, 0.15) is 12.6 Å². The monoisotopic (exact) mass is 298 g/mol. The first kappa shape index (κ1) is 11.9. The van der Waals surface area contributed by atoms with Crippen molar-refractivity contribution in [1.29, 1.82) is 0 Å². The number of fused-ring (bicyclic) bond motifs is 1. The Labute approximate surface area is 106 Å². The van der Waals surface area contributed by atoms with E-state index in [4.69, 9.17) is 4.74 Å². The molecule has 0 unspecified atom stereocenters. The summed E-state index contributed by atoms with van der Waals surface area (Å²) in [5.41, 5.74) is 0.649. The zero-order valence-corrected chi connectivity index (χ0v) is 11.0. The second kappa shape index (κ2) is 4.37. The number of carbonyl (C=O) groups excluding carboxylic acids is 1. The SMILES string of the molecule is CCOC(=O)n1c(C)cc2c(Br)c[nH]c(=O)c21. The number of ether oxygens (including phenoxy) is 1. The molecule has 1 N–H and O–H groups in total. The molecule has 0 aromatic carbocycles. The van der Waals surface area contributed by atoms with Gasteiger partial charge >= 0.3 is 6.09 Å². The van der Waals surface area contributed by atoms with Crippen LogP contribution in [0.4, 0.5) is 4.79 Å². The van der Waals surface area contributed by atoms with E-state index in [0.29, 0.717) is 16.6 Å². The van der Waals surface area contributed by atoms with E-state index in [1.807, 2.05) is 0 Å². The third-order valence-corrected chi connectivity index (χ3v) is 3.09. The number of hydrogen-bond donors (Lipinski definition) is 1. The lowest BCUT2D eigenvalue weighted by Crippen LogP contribution is -2.19. The number of carbonyl (C=O) groups is 1. The number of aromatic amines is 1. The van der Waals surface area contributed by atoms with E-state index in [1.165, 1.54) is 4.57 Å². The van der Waals surface area contributed by atoms with E-state index < -0.39 is 6.09 Å². The van der Waals surface area contributed by atoms with Gasteiger partial charge in [0, 0.05) is 21.7 Å². The number of hydrogen-bond acceptors (Lipinski definition) is 3. The van der Waals surface area contributed by atoms with Crippen molar-refractivity contribution in [3.63, 3.8) is 0 Å². The molecule has 5 nitrogen and oxygen atoms in total. The average Bonchev–Trinajstić information content (AvgIpc) is 2.63. The van der Waals surface area contributed by atoms with Gasteiger partial charge in [-0.2, -0.15) is 0 Å². The Bertz CT molecular complexity index is 642. The number of aromatic nitrogens is 2. The van der Waals surface area contributed by atoms with Crippen LogP contribution in [0.25, 0.3) is 10.9 Å². The minimum atomic E-state index is -0.538. The van der Waals surface area contributed by atoms with E-state index in [0.717, 1.165) is 4.47 Å². The summed E-state index contributed by atoms with van der Waals surface area (Å²) in [6.07, 6.45) is 1.02. The Kier molecular flexibility index (Phi) is 3.06. The lowest BCUT2D eigenvalue weighted by Gasteiger charge is -2.05. The third kappa shape index (κ3) is 1.88. The van der Waals surface area contributed by atoms with Crippen LogP contribution < -0.4 is 5.56 Å². The second-order valence-corrected chi connectivity index (χ2v) is 4.40. The summed E-state index contributed by atoms with van der Waals surface area (Å²) in [7, 11) is 0. The lowest BCUT2D eigenvalue weighted by molar-refractivity contribution is 0.154. The summed E-state index contributed by atoms with van der Waals surface area (Å²) in [5, 5.41) is 0.694. The molecule has 0 aliphatic heterocycles. The van der Waals surface area contributed by atoms with Crippen LogP contribution in [-0.2, 0) is 4.74 Å². The molecule has 0 spiro atoms. The van der Waals surface area contributed by atoms with Crippen molar-refractivity contribution < 1.29 is 9.53 Å². The highest BCUT2D eigenvalue weighted by molar-refractivity contribution is 9.10. The Morgan fingerprint density at radius 1 is 1.59 bits per heavy atom. The summed E-state index contributed by atoms with van der Waals surface area (Å²) in [5.74, 6) is 0. The van der Waals surface area contributed by atoms with Gasteiger partial charge in [0.05, 0.1) is 6.61 Å². The zero-order valence-electron chi connectivity index (χ0n) is 9.41. The molecule has 2 aromatic rings. The number of pyridine rings is 1. The van der Waals surface area contributed by atoms with E-state index in [-0.39, 0.29) is 12.2 Å². The van der Waals surface area contributed by atoms with Gasteiger partial charge in [-0.1, -0.05) is 0 Å². The maximum absolute atomic E-state index is 11.8. The van der Waals surface area contributed by atoms with Gasteiger partial charge in [-0.3, -0.25) is 4.79 Å². The van der Waals surface area contributed by atoms with Gasteiger partial charge in [-0.05, 0) is 35.8 Å². The predicted octanol–water partition coefficient (Wildman–Crippen LogP) is 2.41. The van der Waals surface area contributed by atoms with Gasteiger partial charge in [0.25, 0.3) is 5.56 Å². The maximum atomic E-state index is 11.8. The summed E-state index contributed by atoms with van der Waals surface area (Å²) in [6.45, 7) is 3.74. The minimum Gasteiger partial charge on any atom is -0.449 e. The van der Waals surface area contributed by atoms with Gasteiger partial charge in [-0.25, -0.2) is 9.36 Å². The van der Waals surface area contributed by atoms with Crippen molar-refractivity contribution >= 4 is 32.9 Å². The number of H-pyrrole nitrogens is 1. The Morgan fingerprint density at radius 2 is 2.29 bits per heavy atom. The van der Waals surface area contributed by atoms with Crippen molar-refractivity contribution in [2.75, 3.05) is 6.61 Å². The summed E-state index contributed by atoms with van der Waals surface area (Å²) in [4.78, 5) is 26.1. The molecule has 0 fully saturated rings. The molecule has 0 bridgehead atoms. The lowest BCUT2D eigenvalue weighted by atomic mass is 10.3. The smallest absolute Gasteiger partial charge is 0.418 e. The van der Waals surface area contributed by atoms with Gasteiger partial charge in [0.15, 0.2) is 0 Å².